The number of anilines is 1. The highest BCUT2D eigenvalue weighted by Crippen LogP contribution is 2.53. The lowest BCUT2D eigenvalue weighted by atomic mass is 10.00. The van der Waals surface area contributed by atoms with Gasteiger partial charge in [-0.15, -0.1) is 0 Å². The van der Waals surface area contributed by atoms with Gasteiger partial charge in [0.1, 0.15) is 5.82 Å². The van der Waals surface area contributed by atoms with Gasteiger partial charge in [0.05, 0.1) is 11.1 Å². The molecule has 0 amide bonds. The summed E-state index contributed by atoms with van der Waals surface area (Å²) in [5, 5.41) is 4.08. The topological polar surface area (TPSA) is 43.8 Å². The average Bonchev–Trinajstić information content (AvgIpc) is 2.87. The van der Waals surface area contributed by atoms with Crippen LogP contribution < -0.4 is 5.73 Å². The van der Waals surface area contributed by atoms with Crippen LogP contribution in [0.25, 0.3) is 0 Å². The summed E-state index contributed by atoms with van der Waals surface area (Å²) in [7, 11) is 1.67. The predicted octanol–water partition coefficient (Wildman–Crippen LogP) is 1.61. The van der Waals surface area contributed by atoms with Crippen LogP contribution in [0, 0.1) is 6.92 Å². The van der Waals surface area contributed by atoms with Gasteiger partial charge in [-0.1, -0.05) is 0 Å². The highest BCUT2D eigenvalue weighted by Gasteiger charge is 2.55. The van der Waals surface area contributed by atoms with Crippen LogP contribution in [0.1, 0.15) is 24.1 Å². The van der Waals surface area contributed by atoms with Crippen LogP contribution >= 0.6 is 0 Å². The molecular formula is C9H13F2N3. The normalized spacial score (nSPS) is 18.9. The monoisotopic (exact) mass is 201 g/mol. The van der Waals surface area contributed by atoms with E-state index in [1.807, 2.05) is 0 Å². The molecule has 2 N–H and O–H groups in total. The number of halogens is 2. The van der Waals surface area contributed by atoms with E-state index in [0.717, 1.165) is 0 Å². The third-order valence-corrected chi connectivity index (χ3v) is 3.02. The summed E-state index contributed by atoms with van der Waals surface area (Å²) in [5.74, 6) is 0.479. The molecule has 0 unspecified atom stereocenters. The second-order valence-electron chi connectivity index (χ2n) is 3.94. The van der Waals surface area contributed by atoms with Crippen molar-refractivity contribution in [1.29, 1.82) is 0 Å². The van der Waals surface area contributed by atoms with E-state index in [1.165, 1.54) is 4.68 Å². The average molecular weight is 201 g/mol. The van der Waals surface area contributed by atoms with E-state index in [9.17, 15) is 8.78 Å². The quantitative estimate of drug-likeness (QED) is 0.789. The number of nitrogens with two attached hydrogens (primary N) is 1. The molecule has 0 atom stereocenters. The Balaban J connectivity index is 2.47. The Kier molecular flexibility index (Phi) is 1.81. The van der Waals surface area contributed by atoms with Crippen molar-refractivity contribution in [1.82, 2.24) is 9.78 Å². The molecule has 1 aliphatic rings. The van der Waals surface area contributed by atoms with Crippen LogP contribution in [-0.4, -0.2) is 16.2 Å². The molecule has 1 heterocycles. The summed E-state index contributed by atoms with van der Waals surface area (Å²) < 4.78 is 27.0. The van der Waals surface area contributed by atoms with Crippen LogP contribution in [0.15, 0.2) is 0 Å². The molecule has 0 aliphatic heterocycles. The van der Waals surface area contributed by atoms with Gasteiger partial charge in [0, 0.05) is 12.6 Å². The minimum Gasteiger partial charge on any atom is -0.384 e. The number of hydrogen-bond donors (Lipinski definition) is 1. The van der Waals surface area contributed by atoms with Gasteiger partial charge in [-0.05, 0) is 19.8 Å². The van der Waals surface area contributed by atoms with Crippen molar-refractivity contribution in [2.45, 2.75) is 31.6 Å². The first kappa shape index (κ1) is 9.43. The fraction of sp³-hybridized carbons (Fsp3) is 0.667. The van der Waals surface area contributed by atoms with Crippen LogP contribution in [0.3, 0.4) is 0 Å². The van der Waals surface area contributed by atoms with Crippen molar-refractivity contribution >= 4 is 5.82 Å². The lowest BCUT2D eigenvalue weighted by Gasteiger charge is -2.11. The third-order valence-electron chi connectivity index (χ3n) is 3.02. The number of hydrogen-bond acceptors (Lipinski definition) is 2. The van der Waals surface area contributed by atoms with Crippen molar-refractivity contribution in [3.63, 3.8) is 0 Å². The smallest absolute Gasteiger partial charge is 0.249 e. The van der Waals surface area contributed by atoms with Gasteiger partial charge in [-0.2, -0.15) is 5.10 Å². The largest absolute Gasteiger partial charge is 0.384 e. The molecule has 1 fully saturated rings. The molecule has 5 heteroatoms. The van der Waals surface area contributed by atoms with Crippen molar-refractivity contribution in [3.8, 4) is 0 Å². The summed E-state index contributed by atoms with van der Waals surface area (Å²) >= 11 is 0. The molecule has 0 saturated heterocycles. The molecule has 3 nitrogen and oxygen atoms in total. The molecule has 1 aliphatic carbocycles. The molecule has 2 rings (SSSR count). The first-order chi connectivity index (χ1) is 6.49. The number of rotatable bonds is 2. The Hall–Kier alpha value is -1.13. The van der Waals surface area contributed by atoms with Crippen molar-refractivity contribution in [2.75, 3.05) is 5.73 Å². The summed E-state index contributed by atoms with van der Waals surface area (Å²) in [4.78, 5) is 0. The number of nitrogens with zero attached hydrogens (tertiary/aromatic N) is 2. The standard InChI is InChI=1S/C9H13F2N3/c1-5-6(13-14(2)7(5)12)9(3-4-9)8(10)11/h8H,3-4,12H2,1-2H3. The molecule has 78 valence electrons. The van der Waals surface area contributed by atoms with E-state index in [2.05, 4.69) is 5.10 Å². The van der Waals surface area contributed by atoms with Gasteiger partial charge in [-0.25, -0.2) is 8.78 Å². The molecule has 1 aromatic rings. The number of aryl methyl sites for hydroxylation is 1. The fourth-order valence-electron chi connectivity index (χ4n) is 1.81. The van der Waals surface area contributed by atoms with E-state index in [-0.39, 0.29) is 0 Å². The van der Waals surface area contributed by atoms with Crippen LogP contribution in [0.4, 0.5) is 14.6 Å². The second kappa shape index (κ2) is 2.68. The molecule has 0 bridgehead atoms. The number of alkyl halides is 2. The second-order valence-corrected chi connectivity index (χ2v) is 3.94. The Morgan fingerprint density at radius 1 is 1.50 bits per heavy atom. The highest BCUT2D eigenvalue weighted by molar-refractivity contribution is 5.47. The Labute approximate surface area is 80.9 Å². The van der Waals surface area contributed by atoms with Crippen LogP contribution in [0.2, 0.25) is 0 Å². The van der Waals surface area contributed by atoms with Crippen LogP contribution in [0.5, 0.6) is 0 Å². The minimum atomic E-state index is -2.34. The van der Waals surface area contributed by atoms with Gasteiger partial charge >= 0.3 is 0 Å². The molecule has 14 heavy (non-hydrogen) atoms. The van der Waals surface area contributed by atoms with Gasteiger partial charge in [0.2, 0.25) is 6.43 Å². The summed E-state index contributed by atoms with van der Waals surface area (Å²) in [5.41, 5.74) is 5.86. The maximum atomic E-state index is 12.8. The molecule has 1 aromatic heterocycles. The number of nitrogen functional groups attached to an aromatic ring is 1. The first-order valence-corrected chi connectivity index (χ1v) is 4.57. The molecule has 0 aromatic carbocycles. The summed E-state index contributed by atoms with van der Waals surface area (Å²) in [6, 6.07) is 0. The zero-order chi connectivity index (χ0) is 10.5. The Morgan fingerprint density at radius 2 is 2.07 bits per heavy atom. The van der Waals surface area contributed by atoms with E-state index in [0.29, 0.717) is 29.9 Å². The third kappa shape index (κ3) is 1.04. The Bertz CT molecular complexity index is 366. The van der Waals surface area contributed by atoms with E-state index in [1.54, 1.807) is 14.0 Å². The maximum absolute atomic E-state index is 12.8. The summed E-state index contributed by atoms with van der Waals surface area (Å²) in [6.07, 6.45) is -1.31. The first-order valence-electron chi connectivity index (χ1n) is 4.57. The van der Waals surface area contributed by atoms with Gasteiger partial charge < -0.3 is 5.73 Å². The predicted molar refractivity (Wildman–Crippen MR) is 49.3 cm³/mol. The van der Waals surface area contributed by atoms with Crippen molar-refractivity contribution in [2.24, 2.45) is 7.05 Å². The summed E-state index contributed by atoms with van der Waals surface area (Å²) in [6.45, 7) is 1.75. The highest BCUT2D eigenvalue weighted by atomic mass is 19.3. The number of aromatic nitrogens is 2. The zero-order valence-electron chi connectivity index (χ0n) is 8.22. The van der Waals surface area contributed by atoms with Gasteiger partial charge in [0.15, 0.2) is 0 Å². The van der Waals surface area contributed by atoms with Crippen LogP contribution in [-0.2, 0) is 12.5 Å². The lowest BCUT2D eigenvalue weighted by Crippen LogP contribution is -2.19. The van der Waals surface area contributed by atoms with Gasteiger partial charge in [-0.3, -0.25) is 4.68 Å². The fourth-order valence-corrected chi connectivity index (χ4v) is 1.81. The zero-order valence-corrected chi connectivity index (χ0v) is 8.22. The van der Waals surface area contributed by atoms with Crippen molar-refractivity contribution < 1.29 is 8.78 Å². The molecule has 0 spiro atoms. The lowest BCUT2D eigenvalue weighted by molar-refractivity contribution is 0.0992. The van der Waals surface area contributed by atoms with Gasteiger partial charge in [0.25, 0.3) is 0 Å². The van der Waals surface area contributed by atoms with Crippen molar-refractivity contribution in [3.05, 3.63) is 11.3 Å². The Morgan fingerprint density at radius 3 is 2.36 bits per heavy atom. The molecule has 0 radical (unpaired) electrons. The van der Waals surface area contributed by atoms with E-state index >= 15 is 0 Å². The maximum Gasteiger partial charge on any atom is 0.249 e. The van der Waals surface area contributed by atoms with E-state index in [4.69, 9.17) is 5.73 Å². The SMILES string of the molecule is Cc1c(C2(C(F)F)CC2)nn(C)c1N. The van der Waals surface area contributed by atoms with E-state index < -0.39 is 11.8 Å². The molecule has 1 saturated carbocycles. The molecular weight excluding hydrogens is 188 g/mol. The minimum absolute atomic E-state index is 0.479.